The minimum Gasteiger partial charge on any atom is -0.483 e. The maximum absolute atomic E-state index is 13.4. The Morgan fingerprint density at radius 3 is 2.44 bits per heavy atom. The van der Waals surface area contributed by atoms with Gasteiger partial charge in [0.25, 0.3) is 21.8 Å². The molecule has 0 bridgehead atoms. The van der Waals surface area contributed by atoms with Crippen LogP contribution in [0.4, 0.5) is 11.4 Å². The quantitative estimate of drug-likeness (QED) is 0.259. The first kappa shape index (κ1) is 29.9. The number of amides is 2. The molecule has 0 aliphatic carbocycles. The zero-order chi connectivity index (χ0) is 30.4. The number of fused-ring (bicyclic) bond motifs is 1. The number of carbonyl (C=O) groups excluding carboxylic acids is 2. The van der Waals surface area contributed by atoms with Gasteiger partial charge in [-0.15, -0.1) is 0 Å². The van der Waals surface area contributed by atoms with E-state index in [1.165, 1.54) is 23.1 Å². The summed E-state index contributed by atoms with van der Waals surface area (Å²) in [4.78, 5) is 27.9. The normalized spacial score (nSPS) is 14.3. The molecule has 4 aromatic carbocycles. The van der Waals surface area contributed by atoms with Gasteiger partial charge in [0.1, 0.15) is 11.5 Å². The Labute approximate surface area is 255 Å². The zero-order valence-corrected chi connectivity index (χ0v) is 24.9. The van der Waals surface area contributed by atoms with Crippen LogP contribution < -0.4 is 24.4 Å². The number of para-hydroxylation sites is 2. The molecule has 0 unspecified atom stereocenters. The van der Waals surface area contributed by atoms with E-state index in [9.17, 15) is 18.0 Å². The number of aryl methyl sites for hydroxylation is 1. The standard InChI is InChI=1S/C32H30ClN3O6S/c1-22-19-26(43(39,40)35-25-13-11-24(33)12-14-25)15-16-28(22)41-21-31(37)36-20-30(42-29-10-6-5-9-27(29)36)32(38)34-18-17-23-7-3-2-4-8-23/h2-16,19,30,35H,17-18,20-21H2,1H3,(H,34,38)/t30-/m1/s1. The van der Waals surface area contributed by atoms with E-state index < -0.39 is 16.1 Å². The van der Waals surface area contributed by atoms with Gasteiger partial charge in [0.15, 0.2) is 12.7 Å². The third kappa shape index (κ3) is 7.46. The van der Waals surface area contributed by atoms with E-state index >= 15 is 0 Å². The molecule has 2 N–H and O–H groups in total. The Bertz CT molecular complexity index is 1720. The molecule has 0 aromatic heterocycles. The first-order valence-electron chi connectivity index (χ1n) is 13.6. The monoisotopic (exact) mass is 619 g/mol. The van der Waals surface area contributed by atoms with Gasteiger partial charge in [-0.05, 0) is 79.1 Å². The Kier molecular flexibility index (Phi) is 9.18. The van der Waals surface area contributed by atoms with E-state index in [1.54, 1.807) is 55.5 Å². The summed E-state index contributed by atoms with van der Waals surface area (Å²) in [7, 11) is -3.86. The SMILES string of the molecule is Cc1cc(S(=O)(=O)Nc2ccc(Cl)cc2)ccc1OCC(=O)N1C[C@H](C(=O)NCCc2ccccc2)Oc2ccccc21. The summed E-state index contributed by atoms with van der Waals surface area (Å²) in [6, 6.07) is 27.5. The smallest absolute Gasteiger partial charge is 0.265 e. The highest BCUT2D eigenvalue weighted by molar-refractivity contribution is 7.92. The molecule has 222 valence electrons. The number of benzene rings is 4. The average Bonchev–Trinajstić information content (AvgIpc) is 3.01. The van der Waals surface area contributed by atoms with Crippen molar-refractivity contribution in [1.82, 2.24) is 5.32 Å². The van der Waals surface area contributed by atoms with Gasteiger partial charge < -0.3 is 19.7 Å². The molecule has 0 saturated carbocycles. The van der Waals surface area contributed by atoms with Gasteiger partial charge in [-0.25, -0.2) is 8.42 Å². The van der Waals surface area contributed by atoms with Crippen molar-refractivity contribution in [3.8, 4) is 11.5 Å². The highest BCUT2D eigenvalue weighted by Gasteiger charge is 2.34. The van der Waals surface area contributed by atoms with Crippen LogP contribution in [-0.4, -0.2) is 46.0 Å². The molecule has 1 atom stereocenters. The number of carbonyl (C=O) groups is 2. The molecular weight excluding hydrogens is 590 g/mol. The van der Waals surface area contributed by atoms with Crippen molar-refractivity contribution >= 4 is 44.8 Å². The van der Waals surface area contributed by atoms with Crippen LogP contribution in [0.1, 0.15) is 11.1 Å². The molecular formula is C32H30ClN3O6S. The van der Waals surface area contributed by atoms with Crippen LogP contribution in [0.5, 0.6) is 11.5 Å². The fraction of sp³-hybridized carbons (Fsp3) is 0.188. The second-order valence-corrected chi connectivity index (χ2v) is 12.1. The van der Waals surface area contributed by atoms with Gasteiger partial charge in [-0.2, -0.15) is 0 Å². The number of nitrogens with zero attached hydrogens (tertiary/aromatic N) is 1. The molecule has 5 rings (SSSR count). The minimum atomic E-state index is -3.86. The van der Waals surface area contributed by atoms with Crippen molar-refractivity contribution in [1.29, 1.82) is 0 Å². The lowest BCUT2D eigenvalue weighted by molar-refractivity contribution is -0.128. The number of anilines is 2. The number of nitrogens with one attached hydrogen (secondary N) is 2. The average molecular weight is 620 g/mol. The topological polar surface area (TPSA) is 114 Å². The Hall–Kier alpha value is -4.54. The van der Waals surface area contributed by atoms with Gasteiger partial charge in [-0.3, -0.25) is 14.3 Å². The lowest BCUT2D eigenvalue weighted by atomic mass is 10.1. The van der Waals surface area contributed by atoms with E-state index in [-0.39, 0.29) is 29.9 Å². The van der Waals surface area contributed by atoms with Gasteiger partial charge in [0, 0.05) is 17.3 Å². The molecule has 9 nitrogen and oxygen atoms in total. The minimum absolute atomic E-state index is 0.0168. The van der Waals surface area contributed by atoms with Crippen molar-refractivity contribution in [3.05, 3.63) is 113 Å². The molecule has 1 heterocycles. The summed E-state index contributed by atoms with van der Waals surface area (Å²) in [5.41, 5.74) is 2.55. The van der Waals surface area contributed by atoms with E-state index in [0.717, 1.165) is 5.56 Å². The molecule has 0 fully saturated rings. The van der Waals surface area contributed by atoms with Crippen LogP contribution in [0, 0.1) is 6.92 Å². The first-order valence-corrected chi connectivity index (χ1v) is 15.5. The number of rotatable bonds is 10. The van der Waals surface area contributed by atoms with Crippen molar-refractivity contribution < 1.29 is 27.5 Å². The van der Waals surface area contributed by atoms with Crippen LogP contribution in [0.25, 0.3) is 0 Å². The third-order valence-corrected chi connectivity index (χ3v) is 8.46. The van der Waals surface area contributed by atoms with E-state index in [1.807, 2.05) is 30.3 Å². The second kappa shape index (κ2) is 13.2. The number of ether oxygens (including phenoxy) is 2. The lowest BCUT2D eigenvalue weighted by Gasteiger charge is -2.34. The maximum atomic E-state index is 13.4. The Morgan fingerprint density at radius 1 is 0.977 bits per heavy atom. The summed E-state index contributed by atoms with van der Waals surface area (Å²) in [6.07, 6.45) is -0.225. The molecule has 1 aliphatic heterocycles. The molecule has 0 spiro atoms. The second-order valence-electron chi connectivity index (χ2n) is 9.93. The zero-order valence-electron chi connectivity index (χ0n) is 23.3. The fourth-order valence-electron chi connectivity index (χ4n) is 4.60. The van der Waals surface area contributed by atoms with Crippen LogP contribution in [0.15, 0.2) is 102 Å². The van der Waals surface area contributed by atoms with Crippen molar-refractivity contribution in [3.63, 3.8) is 0 Å². The summed E-state index contributed by atoms with van der Waals surface area (Å²) in [5.74, 6) is 0.0853. The summed E-state index contributed by atoms with van der Waals surface area (Å²) in [5, 5.41) is 3.39. The number of hydrogen-bond acceptors (Lipinski definition) is 6. The number of hydrogen-bond donors (Lipinski definition) is 2. The van der Waals surface area contributed by atoms with E-state index in [2.05, 4.69) is 10.0 Å². The van der Waals surface area contributed by atoms with Crippen LogP contribution in [0.2, 0.25) is 5.02 Å². The maximum Gasteiger partial charge on any atom is 0.265 e. The van der Waals surface area contributed by atoms with Crippen molar-refractivity contribution in [2.24, 2.45) is 0 Å². The van der Waals surface area contributed by atoms with Gasteiger partial charge in [-0.1, -0.05) is 54.1 Å². The van der Waals surface area contributed by atoms with Gasteiger partial charge >= 0.3 is 0 Å². The van der Waals surface area contributed by atoms with Crippen molar-refractivity contribution in [2.75, 3.05) is 29.3 Å². The van der Waals surface area contributed by atoms with Crippen LogP contribution >= 0.6 is 11.6 Å². The molecule has 11 heteroatoms. The van der Waals surface area contributed by atoms with E-state index in [0.29, 0.717) is 46.4 Å². The Balaban J connectivity index is 1.22. The van der Waals surface area contributed by atoms with Gasteiger partial charge in [0.2, 0.25) is 0 Å². The highest BCUT2D eigenvalue weighted by atomic mass is 35.5. The molecule has 0 saturated heterocycles. The van der Waals surface area contributed by atoms with Crippen LogP contribution in [0.3, 0.4) is 0 Å². The molecule has 2 amide bonds. The number of halogens is 1. The largest absolute Gasteiger partial charge is 0.483 e. The summed E-state index contributed by atoms with van der Waals surface area (Å²) < 4.78 is 40.0. The van der Waals surface area contributed by atoms with Crippen LogP contribution in [-0.2, 0) is 26.0 Å². The van der Waals surface area contributed by atoms with Crippen molar-refractivity contribution in [2.45, 2.75) is 24.3 Å². The number of sulfonamides is 1. The third-order valence-electron chi connectivity index (χ3n) is 6.83. The summed E-state index contributed by atoms with van der Waals surface area (Å²) >= 11 is 5.88. The summed E-state index contributed by atoms with van der Waals surface area (Å²) in [6.45, 7) is 1.82. The predicted molar refractivity (Wildman–Crippen MR) is 165 cm³/mol. The highest BCUT2D eigenvalue weighted by Crippen LogP contribution is 2.33. The fourth-order valence-corrected chi connectivity index (χ4v) is 5.87. The lowest BCUT2D eigenvalue weighted by Crippen LogP contribution is -2.52. The molecule has 43 heavy (non-hydrogen) atoms. The predicted octanol–water partition coefficient (Wildman–Crippen LogP) is 4.98. The molecule has 0 radical (unpaired) electrons. The van der Waals surface area contributed by atoms with Gasteiger partial charge in [0.05, 0.1) is 17.1 Å². The Morgan fingerprint density at radius 2 is 1.70 bits per heavy atom. The first-order chi connectivity index (χ1) is 20.7. The molecule has 4 aromatic rings. The van der Waals surface area contributed by atoms with E-state index in [4.69, 9.17) is 21.1 Å². The molecule has 1 aliphatic rings.